The normalized spacial score (nSPS) is 21.9. The largest absolute Gasteiger partial charge is 0.244 e. The fraction of sp³-hybridized carbons (Fsp3) is 0.278. The summed E-state index contributed by atoms with van der Waals surface area (Å²) in [6, 6.07) is 18.2. The molecule has 0 aliphatic carbocycles. The molecule has 1 aliphatic rings. The maximum Gasteiger partial charge on any atom is 0.244 e. The molecule has 1 fully saturated rings. The molecule has 1 saturated heterocycles. The molecule has 2 aromatic rings. The average Bonchev–Trinajstić information content (AvgIpc) is 2.98. The third kappa shape index (κ3) is 2.76. The predicted octanol–water partition coefficient (Wildman–Crippen LogP) is 3.12. The van der Waals surface area contributed by atoms with Crippen LogP contribution in [-0.4, -0.2) is 25.3 Å². The van der Waals surface area contributed by atoms with Crippen molar-refractivity contribution in [2.75, 3.05) is 6.54 Å². The summed E-state index contributed by atoms with van der Waals surface area (Å²) >= 11 is 0. The summed E-state index contributed by atoms with van der Waals surface area (Å²) in [5, 5.41) is 9.19. The van der Waals surface area contributed by atoms with Gasteiger partial charge in [-0.2, -0.15) is 9.57 Å². The zero-order valence-corrected chi connectivity index (χ0v) is 13.7. The highest BCUT2D eigenvalue weighted by Gasteiger charge is 2.40. The van der Waals surface area contributed by atoms with E-state index in [0.717, 1.165) is 12.0 Å². The Kier molecular flexibility index (Phi) is 4.20. The van der Waals surface area contributed by atoms with Gasteiger partial charge >= 0.3 is 0 Å². The molecular weight excluding hydrogens is 308 g/mol. The van der Waals surface area contributed by atoms with Gasteiger partial charge in [-0.05, 0) is 31.0 Å². The third-order valence-electron chi connectivity index (χ3n) is 4.52. The number of rotatable bonds is 3. The van der Waals surface area contributed by atoms with Gasteiger partial charge in [-0.1, -0.05) is 42.5 Å². The van der Waals surface area contributed by atoms with Crippen LogP contribution in [0.3, 0.4) is 0 Å². The molecule has 4 nitrogen and oxygen atoms in total. The van der Waals surface area contributed by atoms with Crippen LogP contribution in [0.25, 0.3) is 0 Å². The number of nitrogens with zero attached hydrogens (tertiary/aromatic N) is 2. The molecule has 3 rings (SSSR count). The minimum absolute atomic E-state index is 0.100. The Labute approximate surface area is 137 Å². The quantitative estimate of drug-likeness (QED) is 0.870. The number of benzene rings is 2. The Morgan fingerprint density at radius 3 is 2.43 bits per heavy atom. The van der Waals surface area contributed by atoms with Gasteiger partial charge in [0.05, 0.1) is 10.5 Å². The molecule has 0 saturated carbocycles. The van der Waals surface area contributed by atoms with E-state index in [1.807, 2.05) is 43.3 Å². The van der Waals surface area contributed by atoms with Crippen LogP contribution in [0.4, 0.5) is 0 Å². The summed E-state index contributed by atoms with van der Waals surface area (Å²) in [6.45, 7) is 2.42. The zero-order valence-electron chi connectivity index (χ0n) is 12.9. The first-order valence-corrected chi connectivity index (χ1v) is 9.05. The first-order chi connectivity index (χ1) is 11.1. The number of hydrogen-bond acceptors (Lipinski definition) is 3. The molecule has 0 bridgehead atoms. The van der Waals surface area contributed by atoms with Crippen LogP contribution in [0.5, 0.6) is 0 Å². The molecular formula is C18H18N2O2S. The van der Waals surface area contributed by atoms with Crippen molar-refractivity contribution < 1.29 is 8.42 Å². The smallest absolute Gasteiger partial charge is 0.207 e. The van der Waals surface area contributed by atoms with Crippen LogP contribution in [-0.2, 0) is 10.0 Å². The lowest BCUT2D eigenvalue weighted by Crippen LogP contribution is -2.35. The van der Waals surface area contributed by atoms with E-state index >= 15 is 0 Å². The highest BCUT2D eigenvalue weighted by Crippen LogP contribution is 2.37. The fourth-order valence-corrected chi connectivity index (χ4v) is 5.13. The van der Waals surface area contributed by atoms with Crippen molar-refractivity contribution in [3.63, 3.8) is 0 Å². The molecule has 0 radical (unpaired) electrons. The Morgan fingerprint density at radius 2 is 1.74 bits per heavy atom. The Balaban J connectivity index is 1.95. The van der Waals surface area contributed by atoms with Gasteiger partial charge in [0.15, 0.2) is 0 Å². The molecule has 1 heterocycles. The topological polar surface area (TPSA) is 61.2 Å². The standard InChI is InChI=1S/C18H18N2O2S/c1-14-17(15-7-3-2-4-8-15)11-12-20(14)23(21,22)18-10-6-5-9-16(18)13-19/h2-10,14,17H,11-12H2,1H3. The van der Waals surface area contributed by atoms with E-state index in [4.69, 9.17) is 0 Å². The summed E-state index contributed by atoms with van der Waals surface area (Å²) in [6.07, 6.45) is 0.791. The molecule has 23 heavy (non-hydrogen) atoms. The first kappa shape index (κ1) is 15.7. The summed E-state index contributed by atoms with van der Waals surface area (Å²) in [5.74, 6) is 0.181. The molecule has 0 aromatic heterocycles. The first-order valence-electron chi connectivity index (χ1n) is 7.61. The van der Waals surface area contributed by atoms with Crippen LogP contribution in [0, 0.1) is 11.3 Å². The second-order valence-electron chi connectivity index (χ2n) is 5.77. The molecule has 0 N–H and O–H groups in total. The second kappa shape index (κ2) is 6.15. The zero-order chi connectivity index (χ0) is 16.4. The van der Waals surface area contributed by atoms with Crippen LogP contribution < -0.4 is 0 Å². The molecule has 2 aromatic carbocycles. The van der Waals surface area contributed by atoms with Gasteiger partial charge in [0.25, 0.3) is 0 Å². The van der Waals surface area contributed by atoms with E-state index in [1.165, 1.54) is 10.4 Å². The minimum Gasteiger partial charge on any atom is -0.207 e. The summed E-state index contributed by atoms with van der Waals surface area (Å²) in [5.41, 5.74) is 1.36. The van der Waals surface area contributed by atoms with Gasteiger partial charge in [-0.25, -0.2) is 8.42 Å². The van der Waals surface area contributed by atoms with Crippen molar-refractivity contribution in [3.05, 3.63) is 65.7 Å². The van der Waals surface area contributed by atoms with Gasteiger partial charge < -0.3 is 0 Å². The highest BCUT2D eigenvalue weighted by atomic mass is 32.2. The van der Waals surface area contributed by atoms with Crippen molar-refractivity contribution >= 4 is 10.0 Å². The van der Waals surface area contributed by atoms with E-state index in [-0.39, 0.29) is 22.4 Å². The van der Waals surface area contributed by atoms with E-state index in [1.54, 1.807) is 18.2 Å². The Morgan fingerprint density at radius 1 is 1.09 bits per heavy atom. The molecule has 2 unspecified atom stereocenters. The SMILES string of the molecule is CC1C(c2ccccc2)CCN1S(=O)(=O)c1ccccc1C#N. The summed E-state index contributed by atoms with van der Waals surface area (Å²) < 4.78 is 27.5. The lowest BCUT2D eigenvalue weighted by atomic mass is 9.93. The highest BCUT2D eigenvalue weighted by molar-refractivity contribution is 7.89. The van der Waals surface area contributed by atoms with E-state index in [9.17, 15) is 13.7 Å². The van der Waals surface area contributed by atoms with E-state index < -0.39 is 10.0 Å². The number of hydrogen-bond donors (Lipinski definition) is 0. The molecule has 0 amide bonds. The van der Waals surface area contributed by atoms with Crippen molar-refractivity contribution in [1.82, 2.24) is 4.31 Å². The van der Waals surface area contributed by atoms with Crippen LogP contribution in [0.2, 0.25) is 0 Å². The number of nitriles is 1. The van der Waals surface area contributed by atoms with Crippen molar-refractivity contribution in [2.24, 2.45) is 0 Å². The van der Waals surface area contributed by atoms with Crippen molar-refractivity contribution in [3.8, 4) is 6.07 Å². The summed E-state index contributed by atoms with van der Waals surface area (Å²) in [4.78, 5) is 0.100. The van der Waals surface area contributed by atoms with E-state index in [2.05, 4.69) is 0 Å². The van der Waals surface area contributed by atoms with Crippen molar-refractivity contribution in [2.45, 2.75) is 30.2 Å². The van der Waals surface area contributed by atoms with Crippen LogP contribution in [0.1, 0.15) is 30.4 Å². The molecule has 5 heteroatoms. The van der Waals surface area contributed by atoms with Gasteiger partial charge in [0.2, 0.25) is 10.0 Å². The lowest BCUT2D eigenvalue weighted by molar-refractivity contribution is 0.393. The maximum absolute atomic E-state index is 13.0. The van der Waals surface area contributed by atoms with Gasteiger partial charge in [0, 0.05) is 18.5 Å². The Hall–Kier alpha value is -2.16. The lowest BCUT2D eigenvalue weighted by Gasteiger charge is -2.24. The molecule has 2 atom stereocenters. The van der Waals surface area contributed by atoms with Gasteiger partial charge in [-0.3, -0.25) is 0 Å². The second-order valence-corrected chi connectivity index (χ2v) is 7.63. The predicted molar refractivity (Wildman–Crippen MR) is 88.3 cm³/mol. The maximum atomic E-state index is 13.0. The van der Waals surface area contributed by atoms with Gasteiger partial charge in [-0.15, -0.1) is 0 Å². The van der Waals surface area contributed by atoms with Crippen LogP contribution >= 0.6 is 0 Å². The van der Waals surface area contributed by atoms with E-state index in [0.29, 0.717) is 6.54 Å². The van der Waals surface area contributed by atoms with Gasteiger partial charge in [0.1, 0.15) is 6.07 Å². The van der Waals surface area contributed by atoms with Crippen molar-refractivity contribution in [1.29, 1.82) is 5.26 Å². The third-order valence-corrected chi connectivity index (χ3v) is 6.56. The molecule has 1 aliphatic heterocycles. The Bertz CT molecular complexity index is 841. The molecule has 0 spiro atoms. The number of sulfonamides is 1. The molecule has 118 valence electrons. The minimum atomic E-state index is -3.66. The summed E-state index contributed by atoms with van der Waals surface area (Å²) in [7, 11) is -3.66. The average molecular weight is 326 g/mol. The fourth-order valence-electron chi connectivity index (χ4n) is 3.31. The van der Waals surface area contributed by atoms with Crippen LogP contribution in [0.15, 0.2) is 59.5 Å². The monoisotopic (exact) mass is 326 g/mol.